The van der Waals surface area contributed by atoms with Crippen LogP contribution < -0.4 is 0 Å². The molecule has 0 aliphatic heterocycles. The van der Waals surface area contributed by atoms with Gasteiger partial charge >= 0.3 is 0 Å². The van der Waals surface area contributed by atoms with Crippen LogP contribution in [0.4, 0.5) is 0 Å². The van der Waals surface area contributed by atoms with E-state index in [1.165, 1.54) is 28.7 Å². The quantitative estimate of drug-likeness (QED) is 0.704. The van der Waals surface area contributed by atoms with Gasteiger partial charge in [0.2, 0.25) is 0 Å². The van der Waals surface area contributed by atoms with E-state index in [9.17, 15) is 4.79 Å². The number of Topliss-reactive ketones (excluding diaryl/α,β-unsaturated/α-hetero) is 1. The molecule has 0 saturated heterocycles. The first-order valence-electron chi connectivity index (χ1n) is 5.86. The van der Waals surface area contributed by atoms with Crippen molar-refractivity contribution in [1.82, 2.24) is 0 Å². The highest BCUT2D eigenvalue weighted by Crippen LogP contribution is 2.34. The molecule has 2 heterocycles. The maximum atomic E-state index is 12.3. The molecule has 1 fully saturated rings. The maximum absolute atomic E-state index is 12.3. The average molecular weight is 250 g/mol. The molecule has 0 atom stereocenters. The fourth-order valence-corrected chi connectivity index (χ4v) is 4.58. The lowest BCUT2D eigenvalue weighted by Gasteiger charge is -2.19. The van der Waals surface area contributed by atoms with Gasteiger partial charge in [0.15, 0.2) is 5.78 Å². The highest BCUT2D eigenvalue weighted by Gasteiger charge is 2.23. The third-order valence-electron chi connectivity index (χ3n) is 3.36. The SMILES string of the molecule is O=C(c1cc2sccc2s1)C1CCCCC1. The van der Waals surface area contributed by atoms with E-state index in [4.69, 9.17) is 0 Å². The zero-order valence-corrected chi connectivity index (χ0v) is 10.7. The summed E-state index contributed by atoms with van der Waals surface area (Å²) >= 11 is 3.40. The molecule has 0 bridgehead atoms. The minimum absolute atomic E-state index is 0.307. The van der Waals surface area contributed by atoms with E-state index in [1.807, 2.05) is 0 Å². The van der Waals surface area contributed by atoms with Crippen LogP contribution in [0.3, 0.4) is 0 Å². The largest absolute Gasteiger partial charge is 0.293 e. The lowest BCUT2D eigenvalue weighted by Crippen LogP contribution is -2.16. The van der Waals surface area contributed by atoms with Gasteiger partial charge in [0.25, 0.3) is 0 Å². The molecule has 0 radical (unpaired) electrons. The summed E-state index contributed by atoms with van der Waals surface area (Å²) in [6.45, 7) is 0. The third kappa shape index (κ3) is 1.82. The van der Waals surface area contributed by atoms with Gasteiger partial charge in [-0.15, -0.1) is 22.7 Å². The van der Waals surface area contributed by atoms with Crippen LogP contribution in [0.2, 0.25) is 0 Å². The van der Waals surface area contributed by atoms with Gasteiger partial charge in [-0.2, -0.15) is 0 Å². The number of carbonyl (C=O) groups excluding carboxylic acids is 1. The van der Waals surface area contributed by atoms with E-state index in [0.29, 0.717) is 11.7 Å². The molecule has 84 valence electrons. The number of hydrogen-bond acceptors (Lipinski definition) is 3. The third-order valence-corrected chi connectivity index (χ3v) is 5.47. The standard InChI is InChI=1S/C13H14OS2/c14-13(9-4-2-1-3-5-9)12-8-11-10(16-12)6-7-15-11/h6-9H,1-5H2. The second-order valence-corrected chi connectivity index (χ2v) is 6.49. The second-order valence-electron chi connectivity index (χ2n) is 4.46. The number of ketones is 1. The number of hydrogen-bond donors (Lipinski definition) is 0. The zero-order valence-electron chi connectivity index (χ0n) is 9.07. The fourth-order valence-electron chi connectivity index (χ4n) is 2.45. The van der Waals surface area contributed by atoms with Gasteiger partial charge < -0.3 is 0 Å². The Bertz CT molecular complexity index is 474. The molecule has 1 aliphatic carbocycles. The van der Waals surface area contributed by atoms with Gasteiger partial charge in [-0.3, -0.25) is 4.79 Å². The molecule has 16 heavy (non-hydrogen) atoms. The molecular formula is C13H14OS2. The van der Waals surface area contributed by atoms with E-state index in [1.54, 1.807) is 22.7 Å². The van der Waals surface area contributed by atoms with Crippen LogP contribution in [0.25, 0.3) is 9.40 Å². The van der Waals surface area contributed by atoms with Gasteiger partial charge in [-0.05, 0) is 30.4 Å². The van der Waals surface area contributed by atoms with E-state index in [2.05, 4.69) is 17.5 Å². The molecule has 2 aromatic rings. The number of thiophene rings is 2. The monoisotopic (exact) mass is 250 g/mol. The zero-order chi connectivity index (χ0) is 11.0. The Kier molecular flexibility index (Phi) is 2.82. The first kappa shape index (κ1) is 10.5. The minimum atomic E-state index is 0.307. The molecule has 1 aliphatic rings. The Morgan fingerprint density at radius 2 is 2.00 bits per heavy atom. The van der Waals surface area contributed by atoms with Crippen LogP contribution in [-0.2, 0) is 0 Å². The average Bonchev–Trinajstić information content (AvgIpc) is 2.89. The lowest BCUT2D eigenvalue weighted by atomic mass is 9.86. The molecule has 0 unspecified atom stereocenters. The number of rotatable bonds is 2. The van der Waals surface area contributed by atoms with Crippen molar-refractivity contribution in [2.75, 3.05) is 0 Å². The van der Waals surface area contributed by atoms with Crippen molar-refractivity contribution in [2.24, 2.45) is 5.92 Å². The lowest BCUT2D eigenvalue weighted by molar-refractivity contribution is 0.0894. The Hall–Kier alpha value is -0.670. The van der Waals surface area contributed by atoms with Crippen molar-refractivity contribution >= 4 is 37.9 Å². The summed E-state index contributed by atoms with van der Waals surface area (Å²) in [5.41, 5.74) is 0. The summed E-state index contributed by atoms with van der Waals surface area (Å²) in [5, 5.41) is 2.09. The summed E-state index contributed by atoms with van der Waals surface area (Å²) in [7, 11) is 0. The van der Waals surface area contributed by atoms with Crippen molar-refractivity contribution in [3.8, 4) is 0 Å². The summed E-state index contributed by atoms with van der Waals surface area (Å²) in [5.74, 6) is 0.703. The summed E-state index contributed by atoms with van der Waals surface area (Å²) in [6.07, 6.45) is 5.98. The topological polar surface area (TPSA) is 17.1 Å². The Morgan fingerprint density at radius 3 is 2.75 bits per heavy atom. The predicted octanol–water partition coefficient (Wildman–Crippen LogP) is 4.73. The van der Waals surface area contributed by atoms with Gasteiger partial charge in [0.05, 0.1) is 4.88 Å². The van der Waals surface area contributed by atoms with Crippen molar-refractivity contribution in [1.29, 1.82) is 0 Å². The Balaban J connectivity index is 1.86. The molecule has 0 aromatic carbocycles. The van der Waals surface area contributed by atoms with Crippen LogP contribution in [-0.4, -0.2) is 5.78 Å². The van der Waals surface area contributed by atoms with Crippen molar-refractivity contribution < 1.29 is 4.79 Å². The molecule has 3 rings (SSSR count). The number of carbonyl (C=O) groups is 1. The molecule has 0 amide bonds. The smallest absolute Gasteiger partial charge is 0.175 e. The predicted molar refractivity (Wildman–Crippen MR) is 70.6 cm³/mol. The molecule has 1 nitrogen and oxygen atoms in total. The normalized spacial score (nSPS) is 18.0. The Morgan fingerprint density at radius 1 is 1.19 bits per heavy atom. The summed E-state index contributed by atoms with van der Waals surface area (Å²) in [6, 6.07) is 4.20. The second kappa shape index (κ2) is 4.30. The van der Waals surface area contributed by atoms with Gasteiger partial charge in [-0.25, -0.2) is 0 Å². The van der Waals surface area contributed by atoms with Crippen LogP contribution >= 0.6 is 22.7 Å². The summed E-state index contributed by atoms with van der Waals surface area (Å²) in [4.78, 5) is 13.3. The van der Waals surface area contributed by atoms with E-state index in [-0.39, 0.29) is 0 Å². The molecule has 3 heteroatoms. The van der Waals surface area contributed by atoms with E-state index in [0.717, 1.165) is 17.7 Å². The number of fused-ring (bicyclic) bond motifs is 1. The first-order chi connectivity index (χ1) is 7.84. The van der Waals surface area contributed by atoms with E-state index >= 15 is 0 Å². The molecule has 1 saturated carbocycles. The van der Waals surface area contributed by atoms with Gasteiger partial charge in [-0.1, -0.05) is 19.3 Å². The highest BCUT2D eigenvalue weighted by molar-refractivity contribution is 7.27. The Labute approximate surface area is 103 Å². The van der Waals surface area contributed by atoms with Crippen LogP contribution in [0.1, 0.15) is 41.8 Å². The minimum Gasteiger partial charge on any atom is -0.293 e. The van der Waals surface area contributed by atoms with Crippen LogP contribution in [0, 0.1) is 5.92 Å². The highest BCUT2D eigenvalue weighted by atomic mass is 32.1. The molecule has 2 aromatic heterocycles. The summed E-state index contributed by atoms with van der Waals surface area (Å²) < 4.78 is 2.54. The first-order valence-corrected chi connectivity index (χ1v) is 7.55. The molecule has 0 N–H and O–H groups in total. The van der Waals surface area contributed by atoms with Crippen molar-refractivity contribution in [3.05, 3.63) is 22.4 Å². The van der Waals surface area contributed by atoms with Crippen molar-refractivity contribution in [2.45, 2.75) is 32.1 Å². The molecule has 0 spiro atoms. The maximum Gasteiger partial charge on any atom is 0.175 e. The van der Waals surface area contributed by atoms with E-state index < -0.39 is 0 Å². The van der Waals surface area contributed by atoms with Gasteiger partial charge in [0.1, 0.15) is 0 Å². The fraction of sp³-hybridized carbons (Fsp3) is 0.462. The molecular weight excluding hydrogens is 236 g/mol. The van der Waals surface area contributed by atoms with Crippen LogP contribution in [0.5, 0.6) is 0 Å². The van der Waals surface area contributed by atoms with Crippen LogP contribution in [0.15, 0.2) is 17.5 Å². The van der Waals surface area contributed by atoms with Crippen molar-refractivity contribution in [3.63, 3.8) is 0 Å². The van der Waals surface area contributed by atoms with Gasteiger partial charge in [0, 0.05) is 15.3 Å².